The fraction of sp³-hybridized carbons (Fsp3) is 0.278. The van der Waals surface area contributed by atoms with Gasteiger partial charge in [-0.3, -0.25) is 10.0 Å². The van der Waals surface area contributed by atoms with Crippen molar-refractivity contribution in [3.05, 3.63) is 64.7 Å². The van der Waals surface area contributed by atoms with E-state index in [4.69, 9.17) is 9.94 Å². The average Bonchev–Trinajstić information content (AvgIpc) is 2.70. The van der Waals surface area contributed by atoms with E-state index in [0.29, 0.717) is 24.5 Å². The number of aryl methyl sites for hydroxylation is 1. The van der Waals surface area contributed by atoms with Gasteiger partial charge < -0.3 is 4.74 Å². The van der Waals surface area contributed by atoms with Crippen LogP contribution in [0.3, 0.4) is 0 Å². The third-order valence-corrected chi connectivity index (χ3v) is 4.00. The van der Waals surface area contributed by atoms with Crippen LogP contribution < -0.4 is 4.74 Å². The van der Waals surface area contributed by atoms with Gasteiger partial charge in [0.2, 0.25) is 5.91 Å². The van der Waals surface area contributed by atoms with Crippen LogP contribution in [0.5, 0.6) is 5.75 Å². The number of hydrogen-bond donors (Lipinski definition) is 1. The Morgan fingerprint density at radius 1 is 1.18 bits per heavy atom. The SMILES string of the molecule is CN(O)C(=O)CCc1ccc2c(c1)Cc1ccccc1CO2. The summed E-state index contributed by atoms with van der Waals surface area (Å²) in [5.41, 5.74) is 4.73. The van der Waals surface area contributed by atoms with Gasteiger partial charge >= 0.3 is 0 Å². The largest absolute Gasteiger partial charge is 0.489 e. The first-order valence-electron chi connectivity index (χ1n) is 7.40. The Kier molecular flexibility index (Phi) is 4.11. The summed E-state index contributed by atoms with van der Waals surface area (Å²) in [5, 5.41) is 9.74. The summed E-state index contributed by atoms with van der Waals surface area (Å²) in [6.45, 7) is 0.594. The summed E-state index contributed by atoms with van der Waals surface area (Å²) in [6, 6.07) is 14.4. The van der Waals surface area contributed by atoms with Crippen molar-refractivity contribution in [2.75, 3.05) is 7.05 Å². The zero-order chi connectivity index (χ0) is 15.5. The zero-order valence-corrected chi connectivity index (χ0v) is 12.6. The first-order chi connectivity index (χ1) is 10.6. The van der Waals surface area contributed by atoms with E-state index < -0.39 is 0 Å². The monoisotopic (exact) mass is 297 g/mol. The highest BCUT2D eigenvalue weighted by molar-refractivity contribution is 5.74. The molecule has 4 nitrogen and oxygen atoms in total. The predicted molar refractivity (Wildman–Crippen MR) is 82.9 cm³/mol. The predicted octanol–water partition coefficient (Wildman–Crippen LogP) is 2.95. The van der Waals surface area contributed by atoms with Crippen molar-refractivity contribution in [1.82, 2.24) is 5.06 Å². The smallest absolute Gasteiger partial charge is 0.245 e. The van der Waals surface area contributed by atoms with Gasteiger partial charge in [-0.2, -0.15) is 0 Å². The topological polar surface area (TPSA) is 49.8 Å². The molecule has 22 heavy (non-hydrogen) atoms. The van der Waals surface area contributed by atoms with Crippen LogP contribution in [0.1, 0.15) is 28.7 Å². The fourth-order valence-corrected chi connectivity index (χ4v) is 2.71. The number of carbonyl (C=O) groups excluding carboxylic acids is 1. The van der Waals surface area contributed by atoms with Gasteiger partial charge in [0.05, 0.1) is 0 Å². The van der Waals surface area contributed by atoms with Crippen LogP contribution in [0.15, 0.2) is 42.5 Å². The van der Waals surface area contributed by atoms with Crippen LogP contribution in [0, 0.1) is 0 Å². The minimum atomic E-state index is -0.281. The highest BCUT2D eigenvalue weighted by Gasteiger charge is 2.14. The molecule has 0 fully saturated rings. The summed E-state index contributed by atoms with van der Waals surface area (Å²) in [5.74, 6) is 0.627. The molecular weight excluding hydrogens is 278 g/mol. The summed E-state index contributed by atoms with van der Waals surface area (Å²) < 4.78 is 5.88. The van der Waals surface area contributed by atoms with Crippen LogP contribution in [-0.2, 0) is 24.2 Å². The van der Waals surface area contributed by atoms with Gasteiger partial charge in [0.15, 0.2) is 0 Å². The molecule has 1 aliphatic rings. The molecule has 0 aromatic heterocycles. The molecule has 3 rings (SSSR count). The number of hydroxylamine groups is 2. The molecule has 1 aliphatic heterocycles. The van der Waals surface area contributed by atoms with Crippen molar-refractivity contribution >= 4 is 5.91 Å². The summed E-state index contributed by atoms with van der Waals surface area (Å²) in [4.78, 5) is 11.5. The second-order valence-electron chi connectivity index (χ2n) is 5.59. The van der Waals surface area contributed by atoms with Crippen molar-refractivity contribution in [3.8, 4) is 5.75 Å². The number of ether oxygens (including phenoxy) is 1. The maximum absolute atomic E-state index is 11.5. The second kappa shape index (κ2) is 6.20. The lowest BCUT2D eigenvalue weighted by Crippen LogP contribution is -2.22. The number of fused-ring (bicyclic) bond motifs is 2. The minimum absolute atomic E-state index is 0.281. The van der Waals surface area contributed by atoms with Gasteiger partial charge in [0.1, 0.15) is 12.4 Å². The molecule has 0 bridgehead atoms. The molecule has 0 saturated carbocycles. The van der Waals surface area contributed by atoms with E-state index in [9.17, 15) is 4.79 Å². The van der Waals surface area contributed by atoms with Crippen molar-refractivity contribution in [1.29, 1.82) is 0 Å². The van der Waals surface area contributed by atoms with Crippen molar-refractivity contribution < 1.29 is 14.7 Å². The van der Waals surface area contributed by atoms with Crippen LogP contribution >= 0.6 is 0 Å². The van der Waals surface area contributed by atoms with E-state index >= 15 is 0 Å². The highest BCUT2D eigenvalue weighted by Crippen LogP contribution is 2.29. The molecule has 0 saturated heterocycles. The zero-order valence-electron chi connectivity index (χ0n) is 12.6. The number of rotatable bonds is 3. The highest BCUT2D eigenvalue weighted by atomic mass is 16.5. The lowest BCUT2D eigenvalue weighted by Gasteiger charge is -2.11. The summed E-state index contributed by atoms with van der Waals surface area (Å²) in [6.07, 6.45) is 1.75. The summed E-state index contributed by atoms with van der Waals surface area (Å²) in [7, 11) is 1.35. The standard InChI is InChI=1S/C18H19NO3/c1-19(21)18(20)9-7-13-6-8-17-16(10-13)11-14-4-2-3-5-15(14)12-22-17/h2-6,8,10,21H,7,9,11-12H2,1H3. The van der Waals surface area contributed by atoms with E-state index in [1.807, 2.05) is 24.3 Å². The van der Waals surface area contributed by atoms with Crippen LogP contribution in [-0.4, -0.2) is 23.2 Å². The molecule has 0 atom stereocenters. The molecule has 0 unspecified atom stereocenters. The molecule has 2 aromatic rings. The third kappa shape index (κ3) is 3.12. The van der Waals surface area contributed by atoms with Gasteiger partial charge in [0.25, 0.3) is 0 Å². The Labute approximate surface area is 129 Å². The molecule has 4 heteroatoms. The lowest BCUT2D eigenvalue weighted by molar-refractivity contribution is -0.159. The maximum Gasteiger partial charge on any atom is 0.245 e. The van der Waals surface area contributed by atoms with Crippen molar-refractivity contribution in [3.63, 3.8) is 0 Å². The van der Waals surface area contributed by atoms with Crippen LogP contribution in [0.4, 0.5) is 0 Å². The van der Waals surface area contributed by atoms with Gasteiger partial charge in [-0.1, -0.05) is 36.4 Å². The molecular formula is C18H19NO3. The quantitative estimate of drug-likeness (QED) is 0.700. The van der Waals surface area contributed by atoms with Crippen LogP contribution in [0.25, 0.3) is 0 Å². The number of carbonyl (C=O) groups is 1. The molecule has 0 spiro atoms. The Balaban J connectivity index is 1.79. The first kappa shape index (κ1) is 14.6. The van der Waals surface area contributed by atoms with E-state index in [2.05, 4.69) is 18.2 Å². The van der Waals surface area contributed by atoms with Gasteiger partial charge in [-0.25, -0.2) is 5.06 Å². The molecule has 1 heterocycles. The Morgan fingerprint density at radius 2 is 1.95 bits per heavy atom. The Hall–Kier alpha value is -2.33. The van der Waals surface area contributed by atoms with Gasteiger partial charge in [-0.15, -0.1) is 0 Å². The van der Waals surface area contributed by atoms with E-state index in [-0.39, 0.29) is 5.91 Å². The lowest BCUT2D eigenvalue weighted by atomic mass is 9.98. The molecule has 1 amide bonds. The number of nitrogens with zero attached hydrogens (tertiary/aromatic N) is 1. The number of hydrogen-bond acceptors (Lipinski definition) is 3. The van der Waals surface area contributed by atoms with E-state index in [1.165, 1.54) is 18.2 Å². The van der Waals surface area contributed by atoms with E-state index in [1.54, 1.807) is 0 Å². The first-order valence-corrected chi connectivity index (χ1v) is 7.40. The average molecular weight is 297 g/mol. The fourth-order valence-electron chi connectivity index (χ4n) is 2.71. The van der Waals surface area contributed by atoms with E-state index in [0.717, 1.165) is 23.3 Å². The molecule has 114 valence electrons. The number of benzene rings is 2. The van der Waals surface area contributed by atoms with Gasteiger partial charge in [-0.05, 0) is 34.7 Å². The van der Waals surface area contributed by atoms with Crippen molar-refractivity contribution in [2.24, 2.45) is 0 Å². The van der Waals surface area contributed by atoms with Crippen molar-refractivity contribution in [2.45, 2.75) is 25.9 Å². The van der Waals surface area contributed by atoms with Gasteiger partial charge in [0, 0.05) is 19.9 Å². The number of amides is 1. The summed E-state index contributed by atoms with van der Waals surface area (Å²) >= 11 is 0. The molecule has 1 N–H and O–H groups in total. The maximum atomic E-state index is 11.5. The second-order valence-corrected chi connectivity index (χ2v) is 5.59. The molecule has 2 aromatic carbocycles. The third-order valence-electron chi connectivity index (χ3n) is 4.00. The Morgan fingerprint density at radius 3 is 2.73 bits per heavy atom. The molecule has 0 radical (unpaired) electrons. The molecule has 0 aliphatic carbocycles. The normalized spacial score (nSPS) is 12.6. The minimum Gasteiger partial charge on any atom is -0.489 e. The Bertz CT molecular complexity index is 694. The van der Waals surface area contributed by atoms with Crippen LogP contribution in [0.2, 0.25) is 0 Å².